The average Bonchev–Trinajstić information content (AvgIpc) is 2.40. The van der Waals surface area contributed by atoms with Crippen LogP contribution in [0.3, 0.4) is 0 Å². The van der Waals surface area contributed by atoms with E-state index in [0.29, 0.717) is 0 Å². The molecule has 2 rings (SSSR count). The molecule has 0 bridgehead atoms. The Hall–Kier alpha value is -1.37. The number of likely N-dealkylation sites (tertiary alicyclic amines) is 1. The molecule has 0 atom stereocenters. The number of alkyl halides is 3. The van der Waals surface area contributed by atoms with Gasteiger partial charge in [-0.1, -0.05) is 11.6 Å². The maximum Gasteiger partial charge on any atom is 0.391 e. The van der Waals surface area contributed by atoms with E-state index >= 15 is 0 Å². The highest BCUT2D eigenvalue weighted by molar-refractivity contribution is 6.29. The number of carbonyl (C=O) groups is 1. The summed E-state index contributed by atoms with van der Waals surface area (Å²) in [6.45, 7) is -0.0134. The second-order valence-corrected chi connectivity index (χ2v) is 4.96. The highest BCUT2D eigenvalue weighted by Crippen LogP contribution is 2.34. The van der Waals surface area contributed by atoms with Crippen LogP contribution in [0.5, 0.6) is 0 Å². The quantitative estimate of drug-likeness (QED) is 0.589. The standard InChI is InChI=1S/C12H11ClF4N2O/c13-10-9(14)5-7(6-18-10)11(20)19-3-1-8(2-4-19)12(15,16)17/h5-6,8H,1-4H2. The molecule has 0 N–H and O–H groups in total. The SMILES string of the molecule is O=C(c1cnc(Cl)c(F)c1)N1CCC(C(F)(F)F)CC1. The van der Waals surface area contributed by atoms with Crippen molar-refractivity contribution in [3.05, 3.63) is 28.8 Å². The predicted octanol–water partition coefficient (Wildman–Crippen LogP) is 3.29. The summed E-state index contributed by atoms with van der Waals surface area (Å²) in [6.07, 6.45) is -3.40. The fraction of sp³-hybridized carbons (Fsp3) is 0.500. The third-order valence-electron chi connectivity index (χ3n) is 3.29. The lowest BCUT2D eigenvalue weighted by Gasteiger charge is -2.32. The van der Waals surface area contributed by atoms with E-state index in [4.69, 9.17) is 11.6 Å². The van der Waals surface area contributed by atoms with E-state index in [9.17, 15) is 22.4 Å². The molecule has 3 nitrogen and oxygen atoms in total. The number of nitrogens with zero attached hydrogens (tertiary/aromatic N) is 2. The monoisotopic (exact) mass is 310 g/mol. The van der Waals surface area contributed by atoms with Crippen LogP contribution in [0.15, 0.2) is 12.3 Å². The van der Waals surface area contributed by atoms with Gasteiger partial charge in [0.05, 0.1) is 11.5 Å². The van der Waals surface area contributed by atoms with Crippen LogP contribution in [0, 0.1) is 11.7 Å². The lowest BCUT2D eigenvalue weighted by atomic mass is 9.96. The summed E-state index contributed by atoms with van der Waals surface area (Å²) >= 11 is 5.40. The molecule has 1 fully saturated rings. The van der Waals surface area contributed by atoms with E-state index < -0.39 is 23.8 Å². The molecule has 8 heteroatoms. The van der Waals surface area contributed by atoms with Gasteiger partial charge in [-0.05, 0) is 18.9 Å². The second-order valence-electron chi connectivity index (χ2n) is 4.60. The Morgan fingerprint density at radius 1 is 1.35 bits per heavy atom. The van der Waals surface area contributed by atoms with E-state index in [2.05, 4.69) is 4.98 Å². The lowest BCUT2D eigenvalue weighted by molar-refractivity contribution is -0.183. The molecule has 1 aromatic heterocycles. The first kappa shape index (κ1) is 15.0. The summed E-state index contributed by atoms with van der Waals surface area (Å²) in [4.78, 5) is 16.8. The molecule has 0 spiro atoms. The van der Waals surface area contributed by atoms with Crippen LogP contribution in [0.4, 0.5) is 17.6 Å². The van der Waals surface area contributed by atoms with Crippen molar-refractivity contribution in [3.8, 4) is 0 Å². The van der Waals surface area contributed by atoms with Crippen LogP contribution in [0.2, 0.25) is 5.15 Å². The lowest BCUT2D eigenvalue weighted by Crippen LogP contribution is -2.42. The fourth-order valence-corrected chi connectivity index (χ4v) is 2.23. The van der Waals surface area contributed by atoms with Crippen molar-refractivity contribution >= 4 is 17.5 Å². The first-order valence-electron chi connectivity index (χ1n) is 5.96. The Morgan fingerprint density at radius 2 is 1.95 bits per heavy atom. The van der Waals surface area contributed by atoms with Gasteiger partial charge in [-0.3, -0.25) is 4.79 Å². The van der Waals surface area contributed by atoms with Gasteiger partial charge in [0.15, 0.2) is 11.0 Å². The molecule has 1 aliphatic heterocycles. The predicted molar refractivity (Wildman–Crippen MR) is 63.9 cm³/mol. The van der Waals surface area contributed by atoms with Gasteiger partial charge in [0, 0.05) is 19.3 Å². The zero-order valence-electron chi connectivity index (χ0n) is 10.3. The number of hydrogen-bond donors (Lipinski definition) is 0. The zero-order valence-corrected chi connectivity index (χ0v) is 11.0. The topological polar surface area (TPSA) is 33.2 Å². The Bertz CT molecular complexity index is 513. The molecular weight excluding hydrogens is 300 g/mol. The van der Waals surface area contributed by atoms with Gasteiger partial charge in [0.2, 0.25) is 0 Å². The van der Waals surface area contributed by atoms with Crippen LogP contribution in [0.25, 0.3) is 0 Å². The third kappa shape index (κ3) is 3.20. The maximum absolute atomic E-state index is 13.2. The van der Waals surface area contributed by atoms with Crippen molar-refractivity contribution < 1.29 is 22.4 Å². The van der Waals surface area contributed by atoms with Gasteiger partial charge in [-0.15, -0.1) is 0 Å². The Kier molecular flexibility index (Phi) is 4.17. The van der Waals surface area contributed by atoms with Crippen LogP contribution in [-0.2, 0) is 0 Å². The Balaban J connectivity index is 2.03. The number of aromatic nitrogens is 1. The van der Waals surface area contributed by atoms with Crippen molar-refractivity contribution in [3.63, 3.8) is 0 Å². The zero-order chi connectivity index (χ0) is 14.9. The summed E-state index contributed by atoms with van der Waals surface area (Å²) in [6, 6.07) is 0.938. The van der Waals surface area contributed by atoms with Crippen LogP contribution >= 0.6 is 11.6 Å². The first-order chi connectivity index (χ1) is 9.29. The van der Waals surface area contributed by atoms with Crippen LogP contribution < -0.4 is 0 Å². The Morgan fingerprint density at radius 3 is 2.45 bits per heavy atom. The molecule has 2 heterocycles. The van der Waals surface area contributed by atoms with Crippen molar-refractivity contribution in [2.45, 2.75) is 19.0 Å². The summed E-state index contributed by atoms with van der Waals surface area (Å²) in [7, 11) is 0. The van der Waals surface area contributed by atoms with Gasteiger partial charge in [0.25, 0.3) is 5.91 Å². The number of rotatable bonds is 1. The smallest absolute Gasteiger partial charge is 0.339 e. The van der Waals surface area contributed by atoms with Crippen molar-refractivity contribution in [2.75, 3.05) is 13.1 Å². The van der Waals surface area contributed by atoms with Crippen molar-refractivity contribution in [1.82, 2.24) is 9.88 Å². The molecule has 0 radical (unpaired) electrons. The summed E-state index contributed by atoms with van der Waals surface area (Å²) < 4.78 is 50.7. The first-order valence-corrected chi connectivity index (χ1v) is 6.34. The van der Waals surface area contributed by atoms with Gasteiger partial charge in [-0.25, -0.2) is 9.37 Å². The number of hydrogen-bond acceptors (Lipinski definition) is 2. The molecule has 110 valence electrons. The minimum Gasteiger partial charge on any atom is -0.339 e. The fourth-order valence-electron chi connectivity index (χ4n) is 2.13. The molecule has 0 aromatic carbocycles. The number of carbonyl (C=O) groups excluding carboxylic acids is 1. The molecular formula is C12H11ClF4N2O. The summed E-state index contributed by atoms with van der Waals surface area (Å²) in [5, 5.41) is -0.350. The molecule has 20 heavy (non-hydrogen) atoms. The van der Waals surface area contributed by atoms with Crippen molar-refractivity contribution in [2.24, 2.45) is 5.92 Å². The highest BCUT2D eigenvalue weighted by Gasteiger charge is 2.41. The molecule has 0 aliphatic carbocycles. The van der Waals surface area contributed by atoms with Crippen LogP contribution in [0.1, 0.15) is 23.2 Å². The number of piperidine rings is 1. The second kappa shape index (κ2) is 5.55. The van der Waals surface area contributed by atoms with E-state index in [1.54, 1.807) is 0 Å². The van der Waals surface area contributed by atoms with E-state index in [1.165, 1.54) is 4.90 Å². The molecule has 0 saturated carbocycles. The minimum atomic E-state index is -4.23. The van der Waals surface area contributed by atoms with E-state index in [0.717, 1.165) is 12.3 Å². The van der Waals surface area contributed by atoms with Gasteiger partial charge in [0.1, 0.15) is 0 Å². The Labute approximate surface area is 117 Å². The van der Waals surface area contributed by atoms with E-state index in [-0.39, 0.29) is 36.6 Å². The molecule has 1 amide bonds. The summed E-state index contributed by atoms with van der Waals surface area (Å²) in [5.41, 5.74) is -0.0163. The molecule has 0 unspecified atom stereocenters. The van der Waals surface area contributed by atoms with Gasteiger partial charge in [-0.2, -0.15) is 13.2 Å². The molecule has 1 aromatic rings. The minimum absolute atomic E-state index is 0.00669. The molecule has 1 saturated heterocycles. The maximum atomic E-state index is 13.2. The number of halogens is 5. The normalized spacial score (nSPS) is 17.4. The third-order valence-corrected chi connectivity index (χ3v) is 3.57. The van der Waals surface area contributed by atoms with E-state index in [1.807, 2.05) is 0 Å². The largest absolute Gasteiger partial charge is 0.391 e. The van der Waals surface area contributed by atoms with Gasteiger partial charge < -0.3 is 4.90 Å². The number of pyridine rings is 1. The molecule has 1 aliphatic rings. The number of amides is 1. The van der Waals surface area contributed by atoms with Crippen molar-refractivity contribution in [1.29, 1.82) is 0 Å². The summed E-state index contributed by atoms with van der Waals surface area (Å²) in [5.74, 6) is -2.75. The van der Waals surface area contributed by atoms with Crippen LogP contribution in [-0.4, -0.2) is 35.1 Å². The average molecular weight is 311 g/mol. The van der Waals surface area contributed by atoms with Gasteiger partial charge >= 0.3 is 6.18 Å². The highest BCUT2D eigenvalue weighted by atomic mass is 35.5.